The first-order valence-corrected chi connectivity index (χ1v) is 7.47. The molecule has 0 bridgehead atoms. The summed E-state index contributed by atoms with van der Waals surface area (Å²) in [6, 6.07) is 12.2. The van der Waals surface area contributed by atoms with Gasteiger partial charge in [-0.3, -0.25) is 0 Å². The molecule has 0 spiro atoms. The Kier molecular flexibility index (Phi) is 6.02. The molecule has 2 N–H and O–H groups in total. The second-order valence-electron chi connectivity index (χ2n) is 4.51. The molecule has 0 amide bonds. The molecule has 0 unspecified atom stereocenters. The molecule has 0 atom stereocenters. The van der Waals surface area contributed by atoms with Gasteiger partial charge in [0, 0.05) is 23.5 Å². The molecule has 0 saturated carbocycles. The Morgan fingerprint density at radius 1 is 1.00 bits per heavy atom. The van der Waals surface area contributed by atoms with Crippen LogP contribution in [0.2, 0.25) is 0 Å². The molecule has 2 rings (SSSR count). The van der Waals surface area contributed by atoms with Crippen molar-refractivity contribution in [3.05, 3.63) is 58.3 Å². The van der Waals surface area contributed by atoms with Crippen molar-refractivity contribution < 1.29 is 13.9 Å². The minimum absolute atomic E-state index is 0.325. The quantitative estimate of drug-likeness (QED) is 0.767. The lowest BCUT2D eigenvalue weighted by atomic mass is 10.2. The van der Waals surface area contributed by atoms with E-state index in [1.807, 2.05) is 24.3 Å². The zero-order valence-electron chi connectivity index (χ0n) is 11.5. The SMILES string of the molecule is NCc1cccc(OCCCOc2cc(F)cc(Br)c2)c1. The van der Waals surface area contributed by atoms with E-state index in [-0.39, 0.29) is 5.82 Å². The van der Waals surface area contributed by atoms with Gasteiger partial charge in [-0.15, -0.1) is 0 Å². The largest absolute Gasteiger partial charge is 0.493 e. The molecule has 112 valence electrons. The average Bonchev–Trinajstić information content (AvgIpc) is 2.46. The van der Waals surface area contributed by atoms with E-state index in [2.05, 4.69) is 15.9 Å². The fourth-order valence-electron chi connectivity index (χ4n) is 1.81. The highest BCUT2D eigenvalue weighted by Gasteiger charge is 2.00. The van der Waals surface area contributed by atoms with Gasteiger partial charge < -0.3 is 15.2 Å². The Morgan fingerprint density at radius 3 is 2.48 bits per heavy atom. The van der Waals surface area contributed by atoms with Crippen molar-refractivity contribution in [3.63, 3.8) is 0 Å². The molecule has 2 aromatic carbocycles. The maximum absolute atomic E-state index is 13.2. The van der Waals surface area contributed by atoms with Gasteiger partial charge in [-0.25, -0.2) is 4.39 Å². The number of rotatable bonds is 7. The van der Waals surface area contributed by atoms with Gasteiger partial charge in [-0.1, -0.05) is 28.1 Å². The lowest BCUT2D eigenvalue weighted by Gasteiger charge is -2.09. The smallest absolute Gasteiger partial charge is 0.128 e. The second kappa shape index (κ2) is 8.00. The highest BCUT2D eigenvalue weighted by Crippen LogP contribution is 2.20. The zero-order valence-corrected chi connectivity index (χ0v) is 13.1. The van der Waals surface area contributed by atoms with Crippen molar-refractivity contribution in [1.29, 1.82) is 0 Å². The highest BCUT2D eigenvalue weighted by atomic mass is 79.9. The second-order valence-corrected chi connectivity index (χ2v) is 5.42. The highest BCUT2D eigenvalue weighted by molar-refractivity contribution is 9.10. The molecule has 21 heavy (non-hydrogen) atoms. The van der Waals surface area contributed by atoms with Gasteiger partial charge in [0.05, 0.1) is 13.2 Å². The zero-order chi connectivity index (χ0) is 15.1. The van der Waals surface area contributed by atoms with Gasteiger partial charge in [0.25, 0.3) is 0 Å². The van der Waals surface area contributed by atoms with Crippen molar-refractivity contribution in [2.45, 2.75) is 13.0 Å². The fraction of sp³-hybridized carbons (Fsp3) is 0.250. The molecular weight excluding hydrogens is 337 g/mol. The van der Waals surface area contributed by atoms with Crippen LogP contribution in [0.25, 0.3) is 0 Å². The molecule has 5 heteroatoms. The summed E-state index contributed by atoms with van der Waals surface area (Å²) in [5.74, 6) is 0.979. The van der Waals surface area contributed by atoms with Crippen molar-refractivity contribution in [3.8, 4) is 11.5 Å². The molecule has 0 aliphatic heterocycles. The third kappa shape index (κ3) is 5.36. The van der Waals surface area contributed by atoms with Crippen LogP contribution in [0.5, 0.6) is 11.5 Å². The summed E-state index contributed by atoms with van der Waals surface area (Å²) in [5, 5.41) is 0. The van der Waals surface area contributed by atoms with Crippen LogP contribution in [-0.4, -0.2) is 13.2 Å². The maximum Gasteiger partial charge on any atom is 0.128 e. The molecule has 0 radical (unpaired) electrons. The molecule has 0 aromatic heterocycles. The van der Waals surface area contributed by atoms with Crippen LogP contribution in [0.3, 0.4) is 0 Å². The molecule has 0 saturated heterocycles. The van der Waals surface area contributed by atoms with E-state index in [4.69, 9.17) is 15.2 Å². The minimum Gasteiger partial charge on any atom is -0.493 e. The summed E-state index contributed by atoms with van der Waals surface area (Å²) in [7, 11) is 0. The number of hydrogen-bond acceptors (Lipinski definition) is 3. The summed E-state index contributed by atoms with van der Waals surface area (Å²) >= 11 is 3.22. The lowest BCUT2D eigenvalue weighted by Crippen LogP contribution is -2.05. The van der Waals surface area contributed by atoms with Crippen LogP contribution < -0.4 is 15.2 Å². The number of ether oxygens (including phenoxy) is 2. The predicted octanol–water partition coefficient (Wildman–Crippen LogP) is 3.89. The van der Waals surface area contributed by atoms with Gasteiger partial charge in [-0.2, -0.15) is 0 Å². The van der Waals surface area contributed by atoms with Crippen LogP contribution in [0.1, 0.15) is 12.0 Å². The first-order chi connectivity index (χ1) is 10.2. The van der Waals surface area contributed by atoms with Crippen LogP contribution in [-0.2, 0) is 6.54 Å². The summed E-state index contributed by atoms with van der Waals surface area (Å²) in [5.41, 5.74) is 6.61. The Labute approximate surface area is 132 Å². The first kappa shape index (κ1) is 15.8. The molecule has 0 heterocycles. The number of nitrogens with two attached hydrogens (primary N) is 1. The third-order valence-electron chi connectivity index (χ3n) is 2.80. The summed E-state index contributed by atoms with van der Waals surface area (Å²) in [6.45, 7) is 1.49. The van der Waals surface area contributed by atoms with Gasteiger partial charge in [-0.05, 0) is 29.8 Å². The van der Waals surface area contributed by atoms with E-state index < -0.39 is 0 Å². The maximum atomic E-state index is 13.2. The average molecular weight is 354 g/mol. The number of hydrogen-bond donors (Lipinski definition) is 1. The molecule has 2 aromatic rings. The Balaban J connectivity index is 1.72. The van der Waals surface area contributed by atoms with Gasteiger partial charge in [0.2, 0.25) is 0 Å². The van der Waals surface area contributed by atoms with E-state index in [1.165, 1.54) is 12.1 Å². The van der Waals surface area contributed by atoms with E-state index >= 15 is 0 Å². The topological polar surface area (TPSA) is 44.5 Å². The molecule has 0 fully saturated rings. The van der Waals surface area contributed by atoms with E-state index in [9.17, 15) is 4.39 Å². The standard InChI is InChI=1S/C16H17BrFNO2/c17-13-8-14(18)10-16(9-13)21-6-2-5-20-15-4-1-3-12(7-15)11-19/h1,3-4,7-10H,2,5-6,11,19H2. The Hall–Kier alpha value is -1.59. The van der Waals surface area contributed by atoms with Crippen molar-refractivity contribution in [2.75, 3.05) is 13.2 Å². The normalized spacial score (nSPS) is 10.4. The van der Waals surface area contributed by atoms with Crippen LogP contribution in [0.15, 0.2) is 46.9 Å². The molecule has 3 nitrogen and oxygen atoms in total. The number of halogens is 2. The summed E-state index contributed by atoms with van der Waals surface area (Å²) < 4.78 is 24.9. The Bertz CT molecular complexity index is 572. The fourth-order valence-corrected chi connectivity index (χ4v) is 2.26. The van der Waals surface area contributed by atoms with Gasteiger partial charge in [0.1, 0.15) is 17.3 Å². The molecule has 0 aliphatic rings. The van der Waals surface area contributed by atoms with E-state index in [0.29, 0.717) is 36.4 Å². The molecular formula is C16H17BrFNO2. The first-order valence-electron chi connectivity index (χ1n) is 6.68. The lowest BCUT2D eigenvalue weighted by molar-refractivity contribution is 0.247. The van der Waals surface area contributed by atoms with Crippen LogP contribution >= 0.6 is 15.9 Å². The minimum atomic E-state index is -0.325. The van der Waals surface area contributed by atoms with Crippen molar-refractivity contribution in [1.82, 2.24) is 0 Å². The summed E-state index contributed by atoms with van der Waals surface area (Å²) in [6.07, 6.45) is 0.709. The monoisotopic (exact) mass is 353 g/mol. The van der Waals surface area contributed by atoms with Gasteiger partial charge >= 0.3 is 0 Å². The predicted molar refractivity (Wildman–Crippen MR) is 84.0 cm³/mol. The van der Waals surface area contributed by atoms with E-state index in [1.54, 1.807) is 6.07 Å². The Morgan fingerprint density at radius 2 is 1.76 bits per heavy atom. The summed E-state index contributed by atoms with van der Waals surface area (Å²) in [4.78, 5) is 0. The molecule has 0 aliphatic carbocycles. The van der Waals surface area contributed by atoms with Crippen molar-refractivity contribution >= 4 is 15.9 Å². The van der Waals surface area contributed by atoms with Crippen LogP contribution in [0, 0.1) is 5.82 Å². The van der Waals surface area contributed by atoms with E-state index in [0.717, 1.165) is 11.3 Å². The van der Waals surface area contributed by atoms with Crippen LogP contribution in [0.4, 0.5) is 4.39 Å². The third-order valence-corrected chi connectivity index (χ3v) is 3.25. The van der Waals surface area contributed by atoms with Gasteiger partial charge in [0.15, 0.2) is 0 Å². The van der Waals surface area contributed by atoms with Crippen molar-refractivity contribution in [2.24, 2.45) is 5.73 Å². The number of benzene rings is 2.